The minimum absolute atomic E-state index is 0.139. The summed E-state index contributed by atoms with van der Waals surface area (Å²) in [6.07, 6.45) is 0. The summed E-state index contributed by atoms with van der Waals surface area (Å²) in [5, 5.41) is 12.6. The number of nitrogens with one attached hydrogen (secondary N) is 1. The van der Waals surface area contributed by atoms with Crippen molar-refractivity contribution >= 4 is 11.4 Å². The average Bonchev–Trinajstić information content (AvgIpc) is 2.38. The first kappa shape index (κ1) is 15.1. The fourth-order valence-corrected chi connectivity index (χ4v) is 2.28. The fraction of sp³-hybridized carbons (Fsp3) is 0.333. The minimum Gasteiger partial charge on any atom is -0.354 e. The van der Waals surface area contributed by atoms with Gasteiger partial charge in [0.05, 0.1) is 16.9 Å². The highest BCUT2D eigenvalue weighted by Crippen LogP contribution is 2.26. The molecule has 0 aliphatic heterocycles. The summed E-state index contributed by atoms with van der Waals surface area (Å²) in [5.41, 5.74) is 5.47. The number of nitrogens with zero attached hydrogens (tertiary/aromatic N) is 2. The van der Waals surface area contributed by atoms with Crippen LogP contribution in [0.25, 0.3) is 0 Å². The Kier molecular flexibility index (Phi) is 3.99. The lowest BCUT2D eigenvalue weighted by molar-refractivity contribution is 0.590. The Morgan fingerprint density at radius 2 is 1.71 bits per heavy atom. The Morgan fingerprint density at radius 1 is 1.10 bits per heavy atom. The Bertz CT molecular complexity index is 686. The third kappa shape index (κ3) is 3.41. The van der Waals surface area contributed by atoms with E-state index in [-0.39, 0.29) is 5.41 Å². The molecule has 0 aliphatic rings. The van der Waals surface area contributed by atoms with E-state index in [4.69, 9.17) is 0 Å². The van der Waals surface area contributed by atoms with Crippen LogP contribution in [-0.4, -0.2) is 4.98 Å². The summed E-state index contributed by atoms with van der Waals surface area (Å²) in [7, 11) is 0. The van der Waals surface area contributed by atoms with Gasteiger partial charge < -0.3 is 5.32 Å². The molecular formula is C18H21N3. The number of pyridine rings is 1. The van der Waals surface area contributed by atoms with Crippen molar-refractivity contribution < 1.29 is 0 Å². The highest BCUT2D eigenvalue weighted by atomic mass is 14.9. The van der Waals surface area contributed by atoms with E-state index >= 15 is 0 Å². The average molecular weight is 279 g/mol. The summed E-state index contributed by atoms with van der Waals surface area (Å²) >= 11 is 0. The minimum atomic E-state index is 0.139. The molecular weight excluding hydrogens is 258 g/mol. The van der Waals surface area contributed by atoms with Crippen molar-refractivity contribution in [2.45, 2.75) is 40.0 Å². The van der Waals surface area contributed by atoms with E-state index in [0.717, 1.165) is 22.8 Å². The number of aromatic nitrogens is 1. The van der Waals surface area contributed by atoms with Gasteiger partial charge in [-0.3, -0.25) is 4.98 Å². The Hall–Kier alpha value is -2.34. The van der Waals surface area contributed by atoms with E-state index in [1.807, 2.05) is 32.0 Å². The summed E-state index contributed by atoms with van der Waals surface area (Å²) in [6, 6.07) is 12.5. The van der Waals surface area contributed by atoms with Crippen molar-refractivity contribution in [3.63, 3.8) is 0 Å². The normalized spacial score (nSPS) is 11.0. The summed E-state index contributed by atoms with van der Waals surface area (Å²) in [6.45, 7) is 10.4. The van der Waals surface area contributed by atoms with Crippen molar-refractivity contribution in [1.29, 1.82) is 5.26 Å². The Balaban J connectivity index is 2.33. The Labute approximate surface area is 126 Å². The first-order chi connectivity index (χ1) is 9.81. The van der Waals surface area contributed by atoms with Gasteiger partial charge >= 0.3 is 0 Å². The first-order valence-corrected chi connectivity index (χ1v) is 7.07. The van der Waals surface area contributed by atoms with E-state index in [9.17, 15) is 5.26 Å². The zero-order chi connectivity index (χ0) is 15.6. The molecule has 0 atom stereocenters. The number of hydrogen-bond donors (Lipinski definition) is 1. The van der Waals surface area contributed by atoms with Gasteiger partial charge in [-0.05, 0) is 43.0 Å². The van der Waals surface area contributed by atoms with Crippen LogP contribution in [0, 0.1) is 25.2 Å². The van der Waals surface area contributed by atoms with Crippen molar-refractivity contribution in [2.75, 3.05) is 5.32 Å². The molecule has 0 aliphatic carbocycles. The van der Waals surface area contributed by atoms with E-state index in [0.29, 0.717) is 5.56 Å². The van der Waals surface area contributed by atoms with Crippen LogP contribution < -0.4 is 5.32 Å². The summed E-state index contributed by atoms with van der Waals surface area (Å²) < 4.78 is 0. The highest BCUT2D eigenvalue weighted by Gasteiger charge is 2.13. The zero-order valence-electron chi connectivity index (χ0n) is 13.3. The molecule has 1 aromatic heterocycles. The van der Waals surface area contributed by atoms with Crippen LogP contribution in [0.4, 0.5) is 11.4 Å². The molecule has 108 valence electrons. The fourth-order valence-electron chi connectivity index (χ4n) is 2.28. The molecule has 3 nitrogen and oxygen atoms in total. The van der Waals surface area contributed by atoms with Gasteiger partial charge in [-0.25, -0.2) is 0 Å². The lowest BCUT2D eigenvalue weighted by atomic mass is 9.87. The predicted molar refractivity (Wildman–Crippen MR) is 86.9 cm³/mol. The van der Waals surface area contributed by atoms with Gasteiger partial charge in [0, 0.05) is 11.4 Å². The van der Waals surface area contributed by atoms with Crippen LogP contribution in [0.3, 0.4) is 0 Å². The molecule has 21 heavy (non-hydrogen) atoms. The number of nitriles is 1. The van der Waals surface area contributed by atoms with E-state index < -0.39 is 0 Å². The van der Waals surface area contributed by atoms with Gasteiger partial charge in [0.2, 0.25) is 0 Å². The van der Waals surface area contributed by atoms with Gasteiger partial charge in [0.1, 0.15) is 6.07 Å². The van der Waals surface area contributed by atoms with Crippen molar-refractivity contribution in [3.05, 3.63) is 52.8 Å². The second-order valence-electron chi connectivity index (χ2n) is 6.34. The van der Waals surface area contributed by atoms with E-state index in [2.05, 4.69) is 49.3 Å². The van der Waals surface area contributed by atoms with Crippen LogP contribution in [-0.2, 0) is 5.41 Å². The third-order valence-electron chi connectivity index (χ3n) is 3.47. The maximum atomic E-state index is 9.29. The molecule has 0 fully saturated rings. The maximum Gasteiger partial charge on any atom is 0.103 e. The van der Waals surface area contributed by atoms with E-state index in [1.165, 1.54) is 5.56 Å². The number of anilines is 2. The topological polar surface area (TPSA) is 48.7 Å². The molecule has 0 amide bonds. The SMILES string of the molecule is Cc1cc(Nc2ccc(C(C)(C)C)cc2)c(C#N)c(C)n1. The van der Waals surface area contributed by atoms with Gasteiger partial charge in [0.25, 0.3) is 0 Å². The second-order valence-corrected chi connectivity index (χ2v) is 6.34. The monoisotopic (exact) mass is 279 g/mol. The molecule has 1 aromatic carbocycles. The molecule has 2 rings (SSSR count). The lowest BCUT2D eigenvalue weighted by Gasteiger charge is -2.19. The quantitative estimate of drug-likeness (QED) is 0.873. The van der Waals surface area contributed by atoms with Crippen molar-refractivity contribution in [3.8, 4) is 6.07 Å². The number of aryl methyl sites for hydroxylation is 2. The van der Waals surface area contributed by atoms with Crippen LogP contribution in [0.1, 0.15) is 43.3 Å². The summed E-state index contributed by atoms with van der Waals surface area (Å²) in [5.74, 6) is 0. The molecule has 0 bridgehead atoms. The highest BCUT2D eigenvalue weighted by molar-refractivity contribution is 5.68. The van der Waals surface area contributed by atoms with Crippen LogP contribution in [0.5, 0.6) is 0 Å². The first-order valence-electron chi connectivity index (χ1n) is 7.07. The van der Waals surface area contributed by atoms with Gasteiger partial charge in [0.15, 0.2) is 0 Å². The van der Waals surface area contributed by atoms with Crippen LogP contribution in [0.15, 0.2) is 30.3 Å². The molecule has 1 heterocycles. The molecule has 0 saturated carbocycles. The van der Waals surface area contributed by atoms with Gasteiger partial charge in [-0.15, -0.1) is 0 Å². The maximum absolute atomic E-state index is 9.29. The number of rotatable bonds is 2. The molecule has 0 saturated heterocycles. The number of benzene rings is 1. The molecule has 0 spiro atoms. The summed E-state index contributed by atoms with van der Waals surface area (Å²) in [4.78, 5) is 4.33. The van der Waals surface area contributed by atoms with Crippen LogP contribution >= 0.6 is 0 Å². The van der Waals surface area contributed by atoms with E-state index in [1.54, 1.807) is 0 Å². The number of hydrogen-bond acceptors (Lipinski definition) is 3. The molecule has 0 radical (unpaired) electrons. The van der Waals surface area contributed by atoms with Gasteiger partial charge in [-0.1, -0.05) is 32.9 Å². The molecule has 1 N–H and O–H groups in total. The standard InChI is InChI=1S/C18H21N3/c1-12-10-17(16(11-19)13(2)20-12)21-15-8-6-14(7-9-15)18(3,4)5/h6-10H,1-5H3,(H,20,21). The lowest BCUT2D eigenvalue weighted by Crippen LogP contribution is -2.10. The third-order valence-corrected chi connectivity index (χ3v) is 3.47. The van der Waals surface area contributed by atoms with Crippen molar-refractivity contribution in [1.82, 2.24) is 4.98 Å². The van der Waals surface area contributed by atoms with Crippen LogP contribution in [0.2, 0.25) is 0 Å². The molecule has 0 unspecified atom stereocenters. The second kappa shape index (κ2) is 5.57. The molecule has 3 heteroatoms. The predicted octanol–water partition coefficient (Wildman–Crippen LogP) is 4.61. The smallest absolute Gasteiger partial charge is 0.103 e. The molecule has 2 aromatic rings. The Morgan fingerprint density at radius 3 is 2.24 bits per heavy atom. The van der Waals surface area contributed by atoms with Crippen molar-refractivity contribution in [2.24, 2.45) is 0 Å². The zero-order valence-corrected chi connectivity index (χ0v) is 13.3. The van der Waals surface area contributed by atoms with Gasteiger partial charge in [-0.2, -0.15) is 5.26 Å². The largest absolute Gasteiger partial charge is 0.354 e.